The molecule has 0 spiro atoms. The summed E-state index contributed by atoms with van der Waals surface area (Å²) in [6, 6.07) is 11.5. The van der Waals surface area contributed by atoms with Crippen LogP contribution in [-0.4, -0.2) is 29.2 Å². The molecule has 158 valence electrons. The van der Waals surface area contributed by atoms with Crippen LogP contribution in [0.4, 0.5) is 4.79 Å². The van der Waals surface area contributed by atoms with Crippen LogP contribution in [0.3, 0.4) is 0 Å². The SMILES string of the molecule is CCCN1C(=O)S/C(=C/c2cc(Cl)c(OCc3ccc(I)cc3)c(OCC)c2)C1=O. The first-order chi connectivity index (χ1) is 14.4. The number of hydrogen-bond donors (Lipinski definition) is 0. The number of benzene rings is 2. The van der Waals surface area contributed by atoms with Crippen LogP contribution in [0.15, 0.2) is 41.3 Å². The lowest BCUT2D eigenvalue weighted by molar-refractivity contribution is -0.122. The summed E-state index contributed by atoms with van der Waals surface area (Å²) in [6.45, 7) is 5.01. The molecule has 30 heavy (non-hydrogen) atoms. The molecule has 2 aromatic carbocycles. The Balaban J connectivity index is 1.85. The van der Waals surface area contributed by atoms with Crippen LogP contribution in [-0.2, 0) is 11.4 Å². The second-order valence-electron chi connectivity index (χ2n) is 6.51. The minimum absolute atomic E-state index is 0.248. The number of rotatable bonds is 8. The molecule has 0 unspecified atom stereocenters. The van der Waals surface area contributed by atoms with Gasteiger partial charge < -0.3 is 9.47 Å². The number of ether oxygens (including phenoxy) is 2. The zero-order chi connectivity index (χ0) is 21.7. The summed E-state index contributed by atoms with van der Waals surface area (Å²) in [5, 5.41) is 0.132. The largest absolute Gasteiger partial charge is 0.490 e. The van der Waals surface area contributed by atoms with Crippen molar-refractivity contribution in [1.82, 2.24) is 4.90 Å². The molecule has 1 aliphatic rings. The predicted molar refractivity (Wildman–Crippen MR) is 129 cm³/mol. The molecular weight excluding hydrogens is 537 g/mol. The van der Waals surface area contributed by atoms with Gasteiger partial charge in [0.15, 0.2) is 11.5 Å². The molecule has 2 aromatic rings. The fourth-order valence-corrected chi connectivity index (χ4v) is 4.38. The van der Waals surface area contributed by atoms with Gasteiger partial charge in [0, 0.05) is 10.1 Å². The van der Waals surface area contributed by atoms with E-state index in [0.29, 0.717) is 46.7 Å². The average Bonchev–Trinajstić information content (AvgIpc) is 2.97. The van der Waals surface area contributed by atoms with E-state index in [1.54, 1.807) is 18.2 Å². The van der Waals surface area contributed by atoms with Crippen molar-refractivity contribution in [1.29, 1.82) is 0 Å². The van der Waals surface area contributed by atoms with Gasteiger partial charge in [-0.05, 0) is 89.2 Å². The third kappa shape index (κ3) is 5.50. The number of carbonyl (C=O) groups excluding carboxylic acids is 2. The van der Waals surface area contributed by atoms with Crippen molar-refractivity contribution in [2.24, 2.45) is 0 Å². The highest BCUT2D eigenvalue weighted by Crippen LogP contribution is 2.39. The first-order valence-electron chi connectivity index (χ1n) is 9.51. The molecule has 5 nitrogen and oxygen atoms in total. The highest BCUT2D eigenvalue weighted by atomic mass is 127. The van der Waals surface area contributed by atoms with Gasteiger partial charge in [-0.15, -0.1) is 0 Å². The van der Waals surface area contributed by atoms with E-state index in [1.165, 1.54) is 4.90 Å². The topological polar surface area (TPSA) is 55.8 Å². The van der Waals surface area contributed by atoms with Gasteiger partial charge >= 0.3 is 0 Å². The summed E-state index contributed by atoms with van der Waals surface area (Å²) in [6.07, 6.45) is 2.39. The summed E-state index contributed by atoms with van der Waals surface area (Å²) in [5.74, 6) is 0.669. The summed E-state index contributed by atoms with van der Waals surface area (Å²) in [5.41, 5.74) is 1.69. The molecule has 1 heterocycles. The van der Waals surface area contributed by atoms with Crippen molar-refractivity contribution < 1.29 is 19.1 Å². The quantitative estimate of drug-likeness (QED) is 0.279. The number of imide groups is 1. The molecule has 8 heteroatoms. The van der Waals surface area contributed by atoms with E-state index in [9.17, 15) is 9.59 Å². The van der Waals surface area contributed by atoms with E-state index in [-0.39, 0.29) is 11.1 Å². The molecule has 1 fully saturated rings. The average molecular weight is 558 g/mol. The number of carbonyl (C=O) groups is 2. The van der Waals surface area contributed by atoms with Crippen molar-refractivity contribution in [3.8, 4) is 11.5 Å². The van der Waals surface area contributed by atoms with Gasteiger partial charge in [-0.25, -0.2) is 0 Å². The highest BCUT2D eigenvalue weighted by molar-refractivity contribution is 14.1. The second kappa shape index (κ2) is 10.5. The smallest absolute Gasteiger partial charge is 0.293 e. The minimum atomic E-state index is -0.278. The molecule has 2 amide bonds. The minimum Gasteiger partial charge on any atom is -0.490 e. The second-order valence-corrected chi connectivity index (χ2v) is 9.16. The van der Waals surface area contributed by atoms with Gasteiger partial charge in [0.2, 0.25) is 0 Å². The fraction of sp³-hybridized carbons (Fsp3) is 0.273. The van der Waals surface area contributed by atoms with Gasteiger partial charge in [0.1, 0.15) is 6.61 Å². The Kier molecular flexibility index (Phi) is 8.07. The molecule has 0 radical (unpaired) electrons. The van der Waals surface area contributed by atoms with Crippen molar-refractivity contribution in [2.75, 3.05) is 13.2 Å². The van der Waals surface area contributed by atoms with Crippen molar-refractivity contribution in [3.63, 3.8) is 0 Å². The van der Waals surface area contributed by atoms with Gasteiger partial charge in [0.25, 0.3) is 11.1 Å². The lowest BCUT2D eigenvalue weighted by Gasteiger charge is -2.15. The Hall–Kier alpha value is -1.71. The maximum atomic E-state index is 12.5. The van der Waals surface area contributed by atoms with E-state index in [4.69, 9.17) is 21.1 Å². The van der Waals surface area contributed by atoms with Crippen LogP contribution >= 0.6 is 46.0 Å². The third-order valence-electron chi connectivity index (χ3n) is 4.25. The lowest BCUT2D eigenvalue weighted by atomic mass is 10.1. The van der Waals surface area contributed by atoms with Gasteiger partial charge in [-0.3, -0.25) is 14.5 Å². The van der Waals surface area contributed by atoms with E-state index < -0.39 is 0 Å². The van der Waals surface area contributed by atoms with E-state index in [1.807, 2.05) is 38.1 Å². The standard InChI is InChI=1S/C22H21ClINO4S/c1-3-9-25-21(26)19(30-22(25)27)12-15-10-17(23)20(18(11-15)28-4-2)29-13-14-5-7-16(24)8-6-14/h5-8,10-12H,3-4,9,13H2,1-2H3/b19-12+. The number of amides is 2. The van der Waals surface area contributed by atoms with E-state index in [0.717, 1.165) is 27.3 Å². The number of nitrogens with zero attached hydrogens (tertiary/aromatic N) is 1. The molecule has 0 bridgehead atoms. The Morgan fingerprint density at radius 3 is 2.53 bits per heavy atom. The monoisotopic (exact) mass is 557 g/mol. The Bertz CT molecular complexity index is 978. The molecule has 0 N–H and O–H groups in total. The molecule has 0 atom stereocenters. The molecule has 0 saturated carbocycles. The van der Waals surface area contributed by atoms with E-state index >= 15 is 0 Å². The van der Waals surface area contributed by atoms with Crippen molar-refractivity contribution >= 4 is 63.2 Å². The third-order valence-corrected chi connectivity index (χ3v) is 6.15. The van der Waals surface area contributed by atoms with Crippen LogP contribution in [0.25, 0.3) is 6.08 Å². The predicted octanol–water partition coefficient (Wildman–Crippen LogP) is 6.37. The zero-order valence-electron chi connectivity index (χ0n) is 16.6. The summed E-state index contributed by atoms with van der Waals surface area (Å²) >= 11 is 9.68. The maximum absolute atomic E-state index is 12.5. The summed E-state index contributed by atoms with van der Waals surface area (Å²) < 4.78 is 12.8. The van der Waals surface area contributed by atoms with Gasteiger partial charge in [-0.2, -0.15) is 0 Å². The van der Waals surface area contributed by atoms with Crippen LogP contribution in [0.1, 0.15) is 31.4 Å². The van der Waals surface area contributed by atoms with Crippen LogP contribution in [0.5, 0.6) is 11.5 Å². The molecule has 0 aliphatic carbocycles. The van der Waals surface area contributed by atoms with Crippen LogP contribution in [0, 0.1) is 3.57 Å². The first-order valence-corrected chi connectivity index (χ1v) is 11.8. The molecule has 0 aromatic heterocycles. The number of thioether (sulfide) groups is 1. The lowest BCUT2D eigenvalue weighted by Crippen LogP contribution is -2.28. The van der Waals surface area contributed by atoms with Gasteiger partial charge in [0.05, 0.1) is 16.5 Å². The Morgan fingerprint density at radius 1 is 1.13 bits per heavy atom. The number of halogens is 2. The molecule has 1 saturated heterocycles. The maximum Gasteiger partial charge on any atom is 0.293 e. The fourth-order valence-electron chi connectivity index (χ4n) is 2.88. The van der Waals surface area contributed by atoms with Crippen molar-refractivity contribution in [3.05, 3.63) is 61.0 Å². The van der Waals surface area contributed by atoms with Crippen LogP contribution < -0.4 is 9.47 Å². The normalized spacial score (nSPS) is 15.2. The highest BCUT2D eigenvalue weighted by Gasteiger charge is 2.34. The molecule has 3 rings (SSSR count). The van der Waals surface area contributed by atoms with Crippen LogP contribution in [0.2, 0.25) is 5.02 Å². The Morgan fingerprint density at radius 2 is 1.87 bits per heavy atom. The molecule has 1 aliphatic heterocycles. The number of hydrogen-bond acceptors (Lipinski definition) is 5. The van der Waals surface area contributed by atoms with Gasteiger partial charge in [-0.1, -0.05) is 30.7 Å². The molecular formula is C22H21ClINO4S. The first kappa shape index (κ1) is 23.0. The summed E-state index contributed by atoms with van der Waals surface area (Å²) in [7, 11) is 0. The Labute approximate surface area is 198 Å². The zero-order valence-corrected chi connectivity index (χ0v) is 20.3. The van der Waals surface area contributed by atoms with E-state index in [2.05, 4.69) is 22.6 Å². The summed E-state index contributed by atoms with van der Waals surface area (Å²) in [4.78, 5) is 26.2. The van der Waals surface area contributed by atoms with Crippen molar-refractivity contribution in [2.45, 2.75) is 26.9 Å².